The van der Waals surface area contributed by atoms with Crippen LogP contribution in [0.5, 0.6) is 0 Å². The van der Waals surface area contributed by atoms with Crippen molar-refractivity contribution in [3.8, 4) is 0 Å². The monoisotopic (exact) mass is 239 g/mol. The number of thiazole rings is 1. The standard InChI is InChI=1S/C11H17N3OS/c1-8-3-2-5-14(6-4-8)10(15)9-7-13-11(12)16-9/h7-8H,2-6H2,1H3,(H2,12,13). The third-order valence-corrected chi connectivity index (χ3v) is 3.85. The van der Waals surface area contributed by atoms with Crippen molar-refractivity contribution < 1.29 is 4.79 Å². The van der Waals surface area contributed by atoms with Gasteiger partial charge in [-0.15, -0.1) is 0 Å². The van der Waals surface area contributed by atoms with Crippen molar-refractivity contribution in [1.29, 1.82) is 0 Å². The third kappa shape index (κ3) is 2.52. The second kappa shape index (κ2) is 4.82. The fraction of sp³-hybridized carbons (Fsp3) is 0.636. The molecule has 0 saturated carbocycles. The van der Waals surface area contributed by atoms with Gasteiger partial charge in [0.25, 0.3) is 5.91 Å². The molecule has 1 aromatic heterocycles. The number of carbonyl (C=O) groups is 1. The first-order valence-electron chi connectivity index (χ1n) is 5.67. The zero-order valence-corrected chi connectivity index (χ0v) is 10.3. The van der Waals surface area contributed by atoms with Gasteiger partial charge in [-0.25, -0.2) is 4.98 Å². The number of carbonyl (C=O) groups excluding carboxylic acids is 1. The van der Waals surface area contributed by atoms with Gasteiger partial charge in [0.1, 0.15) is 4.88 Å². The number of nitrogens with two attached hydrogens (primary N) is 1. The van der Waals surface area contributed by atoms with Gasteiger partial charge in [0.15, 0.2) is 5.13 Å². The molecule has 1 aromatic rings. The van der Waals surface area contributed by atoms with Crippen LogP contribution in [-0.4, -0.2) is 28.9 Å². The van der Waals surface area contributed by atoms with Crippen molar-refractivity contribution in [3.05, 3.63) is 11.1 Å². The molecule has 1 fully saturated rings. The predicted octanol–water partition coefficient (Wildman–Crippen LogP) is 1.99. The lowest BCUT2D eigenvalue weighted by atomic mass is 10.0. The Kier molecular flexibility index (Phi) is 3.43. The fourth-order valence-electron chi connectivity index (χ4n) is 2.01. The van der Waals surface area contributed by atoms with Gasteiger partial charge in [-0.1, -0.05) is 18.3 Å². The third-order valence-electron chi connectivity index (χ3n) is 3.04. The Morgan fingerprint density at radius 1 is 1.56 bits per heavy atom. The molecule has 5 heteroatoms. The summed E-state index contributed by atoms with van der Waals surface area (Å²) in [5, 5.41) is 0.464. The molecule has 0 radical (unpaired) electrons. The quantitative estimate of drug-likeness (QED) is 0.815. The van der Waals surface area contributed by atoms with Crippen molar-refractivity contribution in [2.75, 3.05) is 18.8 Å². The van der Waals surface area contributed by atoms with E-state index in [1.165, 1.54) is 17.8 Å². The molecule has 0 aliphatic carbocycles. The Hall–Kier alpha value is -1.10. The lowest BCUT2D eigenvalue weighted by Crippen LogP contribution is -2.31. The van der Waals surface area contributed by atoms with Gasteiger partial charge in [-0.05, 0) is 25.2 Å². The van der Waals surface area contributed by atoms with Crippen LogP contribution in [0.25, 0.3) is 0 Å². The lowest BCUT2D eigenvalue weighted by Gasteiger charge is -2.19. The number of hydrogen-bond acceptors (Lipinski definition) is 4. The summed E-state index contributed by atoms with van der Waals surface area (Å²) < 4.78 is 0. The van der Waals surface area contributed by atoms with Gasteiger partial charge in [-0.3, -0.25) is 4.79 Å². The van der Waals surface area contributed by atoms with Gasteiger partial charge in [-0.2, -0.15) is 0 Å². The minimum absolute atomic E-state index is 0.0864. The molecule has 88 valence electrons. The van der Waals surface area contributed by atoms with E-state index in [0.717, 1.165) is 31.8 Å². The van der Waals surface area contributed by atoms with E-state index in [-0.39, 0.29) is 5.91 Å². The molecule has 0 bridgehead atoms. The molecular formula is C11H17N3OS. The molecule has 4 nitrogen and oxygen atoms in total. The normalized spacial score (nSPS) is 21.8. The molecule has 2 rings (SSSR count). The smallest absolute Gasteiger partial charge is 0.265 e. The minimum atomic E-state index is 0.0864. The zero-order valence-electron chi connectivity index (χ0n) is 9.48. The number of amides is 1. The number of nitrogens with zero attached hydrogens (tertiary/aromatic N) is 2. The van der Waals surface area contributed by atoms with Crippen LogP contribution in [0, 0.1) is 5.92 Å². The summed E-state index contributed by atoms with van der Waals surface area (Å²) in [5.74, 6) is 0.813. The van der Waals surface area contributed by atoms with Crippen LogP contribution in [0.1, 0.15) is 35.9 Å². The lowest BCUT2D eigenvalue weighted by molar-refractivity contribution is 0.0765. The van der Waals surface area contributed by atoms with Crippen molar-refractivity contribution in [1.82, 2.24) is 9.88 Å². The molecule has 1 aliphatic heterocycles. The van der Waals surface area contributed by atoms with Gasteiger partial charge in [0, 0.05) is 13.1 Å². The maximum atomic E-state index is 12.1. The summed E-state index contributed by atoms with van der Waals surface area (Å²) in [4.78, 5) is 18.6. The molecule has 1 unspecified atom stereocenters. The average molecular weight is 239 g/mol. The Morgan fingerprint density at radius 3 is 3.06 bits per heavy atom. The van der Waals surface area contributed by atoms with E-state index < -0.39 is 0 Å². The van der Waals surface area contributed by atoms with Gasteiger partial charge in [0.05, 0.1) is 6.20 Å². The second-order valence-electron chi connectivity index (χ2n) is 4.39. The summed E-state index contributed by atoms with van der Waals surface area (Å²) in [7, 11) is 0. The Morgan fingerprint density at radius 2 is 2.38 bits per heavy atom. The van der Waals surface area contributed by atoms with Gasteiger partial charge in [0.2, 0.25) is 0 Å². The molecule has 0 spiro atoms. The molecule has 1 aliphatic rings. The predicted molar refractivity (Wildman–Crippen MR) is 65.4 cm³/mol. The first kappa shape index (κ1) is 11.4. The molecule has 2 N–H and O–H groups in total. The van der Waals surface area contributed by atoms with E-state index in [9.17, 15) is 4.79 Å². The first-order valence-corrected chi connectivity index (χ1v) is 6.49. The molecule has 1 amide bonds. The fourth-order valence-corrected chi connectivity index (χ4v) is 2.66. The van der Waals surface area contributed by atoms with Crippen LogP contribution in [-0.2, 0) is 0 Å². The van der Waals surface area contributed by atoms with E-state index >= 15 is 0 Å². The van der Waals surface area contributed by atoms with E-state index in [1.54, 1.807) is 6.20 Å². The van der Waals surface area contributed by atoms with Crippen LogP contribution in [0.4, 0.5) is 5.13 Å². The SMILES string of the molecule is CC1CCCN(C(=O)c2cnc(N)s2)CC1. The summed E-state index contributed by atoms with van der Waals surface area (Å²) in [6.07, 6.45) is 4.99. The van der Waals surface area contributed by atoms with Crippen LogP contribution >= 0.6 is 11.3 Å². The van der Waals surface area contributed by atoms with Crippen molar-refractivity contribution in [2.24, 2.45) is 5.92 Å². The topological polar surface area (TPSA) is 59.2 Å². The zero-order chi connectivity index (χ0) is 11.5. The maximum Gasteiger partial charge on any atom is 0.265 e. The van der Waals surface area contributed by atoms with Crippen molar-refractivity contribution in [2.45, 2.75) is 26.2 Å². The number of likely N-dealkylation sites (tertiary alicyclic amines) is 1. The van der Waals surface area contributed by atoms with Crippen molar-refractivity contribution >= 4 is 22.4 Å². The largest absolute Gasteiger partial charge is 0.375 e. The molecule has 0 aromatic carbocycles. The summed E-state index contributed by atoms with van der Waals surface area (Å²) in [5.41, 5.74) is 5.54. The molecular weight excluding hydrogens is 222 g/mol. The Bertz CT molecular complexity index is 377. The Balaban J connectivity index is 2.04. The highest BCUT2D eigenvalue weighted by molar-refractivity contribution is 7.17. The van der Waals surface area contributed by atoms with E-state index in [0.29, 0.717) is 10.0 Å². The van der Waals surface area contributed by atoms with E-state index in [4.69, 9.17) is 5.73 Å². The van der Waals surface area contributed by atoms with Gasteiger partial charge < -0.3 is 10.6 Å². The van der Waals surface area contributed by atoms with Crippen molar-refractivity contribution in [3.63, 3.8) is 0 Å². The highest BCUT2D eigenvalue weighted by Crippen LogP contribution is 2.21. The molecule has 2 heterocycles. The second-order valence-corrected chi connectivity index (χ2v) is 5.45. The number of aromatic nitrogens is 1. The van der Waals surface area contributed by atoms with Gasteiger partial charge >= 0.3 is 0 Å². The highest BCUT2D eigenvalue weighted by atomic mass is 32.1. The molecule has 1 saturated heterocycles. The van der Waals surface area contributed by atoms with E-state index in [2.05, 4.69) is 11.9 Å². The summed E-state index contributed by atoms with van der Waals surface area (Å²) in [6.45, 7) is 3.97. The summed E-state index contributed by atoms with van der Waals surface area (Å²) >= 11 is 1.27. The number of hydrogen-bond donors (Lipinski definition) is 1. The van der Waals surface area contributed by atoms with Crippen LogP contribution in [0.3, 0.4) is 0 Å². The first-order chi connectivity index (χ1) is 7.66. The Labute approximate surface area is 99.5 Å². The van der Waals surface area contributed by atoms with Crippen LogP contribution in [0.2, 0.25) is 0 Å². The number of rotatable bonds is 1. The number of nitrogen functional groups attached to an aromatic ring is 1. The summed E-state index contributed by atoms with van der Waals surface area (Å²) in [6, 6.07) is 0. The minimum Gasteiger partial charge on any atom is -0.375 e. The number of anilines is 1. The average Bonchev–Trinajstić information content (AvgIpc) is 2.57. The maximum absolute atomic E-state index is 12.1. The molecule has 16 heavy (non-hydrogen) atoms. The van der Waals surface area contributed by atoms with Crippen LogP contribution in [0.15, 0.2) is 6.20 Å². The van der Waals surface area contributed by atoms with E-state index in [1.807, 2.05) is 4.90 Å². The molecule has 1 atom stereocenters. The highest BCUT2D eigenvalue weighted by Gasteiger charge is 2.21. The van der Waals surface area contributed by atoms with Crippen LogP contribution < -0.4 is 5.73 Å².